The van der Waals surface area contributed by atoms with Gasteiger partial charge in [0, 0.05) is 12.3 Å². The second-order valence-corrected chi connectivity index (χ2v) is 1.30. The number of nitrogens with one attached hydrogen (secondary N) is 2. The molecule has 1 aromatic heterocycles. The SMILES string of the molecule is NO.O=c1cc[nH]c(=O)[nH]1. The van der Waals surface area contributed by atoms with Crippen molar-refractivity contribution in [3.8, 4) is 0 Å². The highest BCUT2D eigenvalue weighted by Crippen LogP contribution is 1.51. The van der Waals surface area contributed by atoms with Crippen LogP contribution in [0.2, 0.25) is 0 Å². The van der Waals surface area contributed by atoms with E-state index in [0.717, 1.165) is 0 Å². The highest BCUT2D eigenvalue weighted by Gasteiger charge is 1.77. The Kier molecular flexibility index (Phi) is 3.85. The molecule has 0 spiro atoms. The van der Waals surface area contributed by atoms with Gasteiger partial charge in [-0.25, -0.2) is 10.7 Å². The summed E-state index contributed by atoms with van der Waals surface area (Å²) in [5.74, 6) is 3.50. The molecule has 1 aromatic rings. The molecule has 6 heteroatoms. The lowest BCUT2D eigenvalue weighted by atomic mass is 10.7. The first-order valence-electron chi connectivity index (χ1n) is 2.33. The second-order valence-electron chi connectivity index (χ2n) is 1.30. The monoisotopic (exact) mass is 145 g/mol. The van der Waals surface area contributed by atoms with E-state index in [1.807, 2.05) is 4.98 Å². The fourth-order valence-electron chi connectivity index (χ4n) is 0.383. The summed E-state index contributed by atoms with van der Waals surface area (Å²) >= 11 is 0. The van der Waals surface area contributed by atoms with Crippen LogP contribution in [0.3, 0.4) is 0 Å². The first kappa shape index (κ1) is 8.60. The van der Waals surface area contributed by atoms with Crippen LogP contribution in [-0.4, -0.2) is 15.2 Å². The lowest BCUT2D eigenvalue weighted by Gasteiger charge is -1.75. The Morgan fingerprint density at radius 3 is 2.30 bits per heavy atom. The van der Waals surface area contributed by atoms with Gasteiger partial charge in [0.05, 0.1) is 0 Å². The predicted molar refractivity (Wildman–Crippen MR) is 33.7 cm³/mol. The van der Waals surface area contributed by atoms with Crippen LogP contribution in [0.1, 0.15) is 0 Å². The van der Waals surface area contributed by atoms with Crippen LogP contribution in [0.5, 0.6) is 0 Å². The number of hydrogen-bond acceptors (Lipinski definition) is 4. The van der Waals surface area contributed by atoms with Crippen LogP contribution in [0.25, 0.3) is 0 Å². The third-order valence-electron chi connectivity index (χ3n) is 0.686. The zero-order chi connectivity index (χ0) is 7.98. The first-order chi connectivity index (χ1) is 4.79. The van der Waals surface area contributed by atoms with E-state index in [9.17, 15) is 9.59 Å². The number of rotatable bonds is 0. The van der Waals surface area contributed by atoms with Crippen molar-refractivity contribution in [1.29, 1.82) is 0 Å². The van der Waals surface area contributed by atoms with Crippen molar-refractivity contribution in [2.24, 2.45) is 5.90 Å². The molecular formula is C4H7N3O3. The largest absolute Gasteiger partial charge is 0.325 e. The maximum absolute atomic E-state index is 10.2. The normalized spacial score (nSPS) is 7.80. The van der Waals surface area contributed by atoms with Gasteiger partial charge >= 0.3 is 5.69 Å². The Hall–Kier alpha value is -1.40. The van der Waals surface area contributed by atoms with Crippen LogP contribution in [0.15, 0.2) is 21.9 Å². The molecule has 6 nitrogen and oxygen atoms in total. The number of aromatic amines is 2. The summed E-state index contributed by atoms with van der Waals surface area (Å²) in [6.45, 7) is 0. The molecule has 0 aliphatic heterocycles. The smallest absolute Gasteiger partial charge is 0.320 e. The van der Waals surface area contributed by atoms with E-state index in [0.29, 0.717) is 0 Å². The Bertz CT molecular complexity index is 250. The molecule has 0 saturated carbocycles. The molecule has 10 heavy (non-hydrogen) atoms. The third-order valence-corrected chi connectivity index (χ3v) is 0.686. The molecule has 0 saturated heterocycles. The summed E-state index contributed by atoms with van der Waals surface area (Å²) in [6.07, 6.45) is 1.29. The highest BCUT2D eigenvalue weighted by atomic mass is 16.4. The molecule has 1 heterocycles. The molecule has 1 rings (SSSR count). The summed E-state index contributed by atoms with van der Waals surface area (Å²) in [6, 6.07) is 1.24. The molecule has 0 radical (unpaired) electrons. The number of H-pyrrole nitrogens is 2. The van der Waals surface area contributed by atoms with E-state index in [1.165, 1.54) is 12.3 Å². The number of aromatic nitrogens is 2. The van der Waals surface area contributed by atoms with Gasteiger partial charge in [-0.3, -0.25) is 9.78 Å². The Morgan fingerprint density at radius 2 is 2.00 bits per heavy atom. The quantitative estimate of drug-likeness (QED) is 0.329. The average Bonchev–Trinajstić information content (AvgIpc) is 1.91. The lowest BCUT2D eigenvalue weighted by Crippen LogP contribution is -2.19. The fourth-order valence-corrected chi connectivity index (χ4v) is 0.383. The van der Waals surface area contributed by atoms with E-state index in [1.54, 1.807) is 0 Å². The van der Waals surface area contributed by atoms with Crippen molar-refractivity contribution in [1.82, 2.24) is 9.97 Å². The van der Waals surface area contributed by atoms with Crippen molar-refractivity contribution in [3.63, 3.8) is 0 Å². The van der Waals surface area contributed by atoms with Gasteiger partial charge in [0.2, 0.25) is 0 Å². The first-order valence-corrected chi connectivity index (χ1v) is 2.33. The minimum Gasteiger partial charge on any atom is -0.320 e. The van der Waals surface area contributed by atoms with Crippen molar-refractivity contribution in [2.45, 2.75) is 0 Å². The van der Waals surface area contributed by atoms with Crippen LogP contribution < -0.4 is 17.1 Å². The van der Waals surface area contributed by atoms with E-state index >= 15 is 0 Å². The maximum atomic E-state index is 10.2. The van der Waals surface area contributed by atoms with Gasteiger partial charge in [-0.05, 0) is 0 Å². The summed E-state index contributed by atoms with van der Waals surface area (Å²) in [5.41, 5.74) is -0.855. The second kappa shape index (κ2) is 4.48. The zero-order valence-corrected chi connectivity index (χ0v) is 5.00. The van der Waals surface area contributed by atoms with Crippen LogP contribution >= 0.6 is 0 Å². The molecule has 0 bridgehead atoms. The van der Waals surface area contributed by atoms with Crippen LogP contribution in [-0.2, 0) is 0 Å². The van der Waals surface area contributed by atoms with Crippen molar-refractivity contribution in [2.75, 3.05) is 0 Å². The Balaban J connectivity index is 0.000000371. The van der Waals surface area contributed by atoms with Gasteiger partial charge in [-0.2, -0.15) is 0 Å². The van der Waals surface area contributed by atoms with Crippen molar-refractivity contribution in [3.05, 3.63) is 33.1 Å². The van der Waals surface area contributed by atoms with E-state index in [2.05, 4.69) is 10.9 Å². The molecule has 0 atom stereocenters. The molecular weight excluding hydrogens is 138 g/mol. The van der Waals surface area contributed by atoms with Crippen molar-refractivity contribution < 1.29 is 5.21 Å². The molecule has 0 aliphatic carbocycles. The molecule has 0 unspecified atom stereocenters. The van der Waals surface area contributed by atoms with Gasteiger partial charge in [-0.15, -0.1) is 0 Å². The summed E-state index contributed by atoms with van der Waals surface area (Å²) < 4.78 is 0. The van der Waals surface area contributed by atoms with E-state index in [4.69, 9.17) is 5.21 Å². The standard InChI is InChI=1S/C4H4N2O2.H3NO/c7-3-1-2-5-4(8)6-3;1-2/h1-2H,(H2,5,6,7,8);2H,1H2. The zero-order valence-electron chi connectivity index (χ0n) is 5.00. The summed E-state index contributed by atoms with van der Waals surface area (Å²) in [5, 5.41) is 6.50. The minimum absolute atomic E-state index is 0.381. The minimum atomic E-state index is -0.475. The van der Waals surface area contributed by atoms with Crippen LogP contribution in [0, 0.1) is 0 Å². The number of nitrogens with two attached hydrogens (primary N) is 1. The molecule has 56 valence electrons. The molecule has 0 fully saturated rings. The predicted octanol–water partition coefficient (Wildman–Crippen LogP) is -1.60. The Labute approximate surface area is 55.3 Å². The lowest BCUT2D eigenvalue weighted by molar-refractivity contribution is 0.311. The van der Waals surface area contributed by atoms with Gasteiger partial charge in [-0.1, -0.05) is 0 Å². The third kappa shape index (κ3) is 2.80. The maximum Gasteiger partial charge on any atom is 0.325 e. The van der Waals surface area contributed by atoms with Crippen molar-refractivity contribution >= 4 is 0 Å². The fraction of sp³-hybridized carbons (Fsp3) is 0. The molecule has 0 aliphatic rings. The Morgan fingerprint density at radius 1 is 1.40 bits per heavy atom. The van der Waals surface area contributed by atoms with Gasteiger partial charge in [0.25, 0.3) is 5.56 Å². The summed E-state index contributed by atoms with van der Waals surface area (Å²) in [7, 11) is 0. The molecule has 5 N–H and O–H groups in total. The molecule has 0 amide bonds. The average molecular weight is 145 g/mol. The summed E-state index contributed by atoms with van der Waals surface area (Å²) in [4.78, 5) is 24.7. The highest BCUT2D eigenvalue weighted by molar-refractivity contribution is 4.77. The van der Waals surface area contributed by atoms with E-state index < -0.39 is 5.69 Å². The van der Waals surface area contributed by atoms with Gasteiger partial charge < -0.3 is 10.2 Å². The number of hydrogen-bond donors (Lipinski definition) is 4. The molecule has 0 aromatic carbocycles. The van der Waals surface area contributed by atoms with E-state index in [-0.39, 0.29) is 5.56 Å². The van der Waals surface area contributed by atoms with Gasteiger partial charge in [0.15, 0.2) is 0 Å². The van der Waals surface area contributed by atoms with Crippen LogP contribution in [0.4, 0.5) is 0 Å². The topological polar surface area (TPSA) is 112 Å². The van der Waals surface area contributed by atoms with Gasteiger partial charge in [0.1, 0.15) is 0 Å².